The molecule has 0 fully saturated rings. The molecule has 0 unspecified atom stereocenters. The van der Waals surface area contributed by atoms with Crippen LogP contribution in [-0.4, -0.2) is 11.7 Å². The molecule has 0 heterocycles. The van der Waals surface area contributed by atoms with Crippen molar-refractivity contribution in [3.63, 3.8) is 0 Å². The van der Waals surface area contributed by atoms with E-state index in [9.17, 15) is 4.79 Å². The second kappa shape index (κ2) is 7.53. The van der Waals surface area contributed by atoms with Crippen LogP contribution in [0.2, 0.25) is 5.02 Å². The Morgan fingerprint density at radius 1 is 1.19 bits per heavy atom. The van der Waals surface area contributed by atoms with Gasteiger partial charge in [0.05, 0.1) is 11.8 Å². The Kier molecular flexibility index (Phi) is 5.71. The molecular weight excluding hydrogens is 302 g/mol. The maximum atomic E-state index is 12.0. The van der Waals surface area contributed by atoms with Crippen molar-refractivity contribution in [3.05, 3.63) is 64.7 Å². The Balaban J connectivity index is 1.87. The molecule has 0 aliphatic heterocycles. The molecule has 2 rings (SSSR count). The molecule has 0 spiro atoms. The summed E-state index contributed by atoms with van der Waals surface area (Å²) < 4.78 is 0. The first-order chi connectivity index (χ1) is 10.1. The fourth-order valence-corrected chi connectivity index (χ4v) is 2.95. The highest BCUT2D eigenvalue weighted by Crippen LogP contribution is 2.22. The summed E-state index contributed by atoms with van der Waals surface area (Å²) in [4.78, 5) is 13.2. The zero-order chi connectivity index (χ0) is 15.2. The van der Waals surface area contributed by atoms with E-state index in [2.05, 4.69) is 18.3 Å². The highest BCUT2D eigenvalue weighted by atomic mass is 35.5. The summed E-state index contributed by atoms with van der Waals surface area (Å²) in [5.41, 5.74) is 2.25. The molecule has 1 N–H and O–H groups in total. The van der Waals surface area contributed by atoms with Crippen LogP contribution >= 0.6 is 23.4 Å². The number of carbonyl (C=O) groups is 1. The molecule has 0 aliphatic rings. The molecule has 0 aromatic heterocycles. The van der Waals surface area contributed by atoms with Gasteiger partial charge in [-0.05, 0) is 43.2 Å². The van der Waals surface area contributed by atoms with Crippen LogP contribution in [0, 0.1) is 6.92 Å². The monoisotopic (exact) mass is 319 g/mol. The van der Waals surface area contributed by atoms with Crippen LogP contribution in [0.4, 0.5) is 0 Å². The van der Waals surface area contributed by atoms with E-state index in [1.807, 2.05) is 49.4 Å². The van der Waals surface area contributed by atoms with E-state index in [1.165, 1.54) is 5.56 Å². The van der Waals surface area contributed by atoms with Gasteiger partial charge in [0.15, 0.2) is 0 Å². The fourth-order valence-electron chi connectivity index (χ4n) is 1.98. The minimum Gasteiger partial charge on any atom is -0.349 e. The molecule has 0 bridgehead atoms. The summed E-state index contributed by atoms with van der Waals surface area (Å²) in [7, 11) is 0. The lowest BCUT2D eigenvalue weighted by Crippen LogP contribution is -2.28. The number of thioether (sulfide) groups is 1. The van der Waals surface area contributed by atoms with Crippen LogP contribution in [0.3, 0.4) is 0 Å². The molecular formula is C17H18ClNOS. The third-order valence-electron chi connectivity index (χ3n) is 3.20. The number of amides is 1. The van der Waals surface area contributed by atoms with E-state index >= 15 is 0 Å². The Labute approximate surface area is 134 Å². The lowest BCUT2D eigenvalue weighted by Gasteiger charge is -2.14. The van der Waals surface area contributed by atoms with Gasteiger partial charge in [0.25, 0.3) is 0 Å². The number of halogens is 1. The van der Waals surface area contributed by atoms with Gasteiger partial charge in [-0.15, -0.1) is 11.8 Å². The molecule has 2 nitrogen and oxygen atoms in total. The van der Waals surface area contributed by atoms with Crippen LogP contribution in [0.1, 0.15) is 24.1 Å². The van der Waals surface area contributed by atoms with Gasteiger partial charge in [0.1, 0.15) is 0 Å². The largest absolute Gasteiger partial charge is 0.349 e. The zero-order valence-electron chi connectivity index (χ0n) is 12.1. The predicted molar refractivity (Wildman–Crippen MR) is 89.9 cm³/mol. The van der Waals surface area contributed by atoms with Crippen molar-refractivity contribution in [1.82, 2.24) is 5.32 Å². The maximum Gasteiger partial charge on any atom is 0.230 e. The van der Waals surface area contributed by atoms with Crippen LogP contribution in [0.25, 0.3) is 0 Å². The van der Waals surface area contributed by atoms with E-state index in [1.54, 1.807) is 11.8 Å². The van der Waals surface area contributed by atoms with E-state index in [4.69, 9.17) is 11.6 Å². The molecule has 0 radical (unpaired) electrons. The molecule has 21 heavy (non-hydrogen) atoms. The third kappa shape index (κ3) is 4.80. The first-order valence-electron chi connectivity index (χ1n) is 6.79. The highest BCUT2D eigenvalue weighted by Gasteiger charge is 2.10. The van der Waals surface area contributed by atoms with Crippen molar-refractivity contribution in [2.75, 3.05) is 5.75 Å². The highest BCUT2D eigenvalue weighted by molar-refractivity contribution is 8.00. The molecule has 4 heteroatoms. The van der Waals surface area contributed by atoms with Crippen LogP contribution in [0.5, 0.6) is 0 Å². The van der Waals surface area contributed by atoms with E-state index in [0.29, 0.717) is 10.8 Å². The molecule has 2 aromatic rings. The van der Waals surface area contributed by atoms with Crippen LogP contribution in [-0.2, 0) is 4.79 Å². The van der Waals surface area contributed by atoms with Gasteiger partial charge >= 0.3 is 0 Å². The van der Waals surface area contributed by atoms with Gasteiger partial charge in [-0.2, -0.15) is 0 Å². The number of hydrogen-bond donors (Lipinski definition) is 1. The van der Waals surface area contributed by atoms with Crippen molar-refractivity contribution in [2.24, 2.45) is 0 Å². The van der Waals surface area contributed by atoms with Gasteiger partial charge in [0.2, 0.25) is 5.91 Å². The Hall–Kier alpha value is -1.45. The molecule has 2 aromatic carbocycles. The predicted octanol–water partition coefficient (Wildman–Crippen LogP) is 4.62. The van der Waals surface area contributed by atoms with Gasteiger partial charge < -0.3 is 5.32 Å². The molecule has 1 amide bonds. The topological polar surface area (TPSA) is 29.1 Å². The molecule has 0 aliphatic carbocycles. The molecule has 110 valence electrons. The van der Waals surface area contributed by atoms with Crippen molar-refractivity contribution >= 4 is 29.3 Å². The number of rotatable bonds is 5. The summed E-state index contributed by atoms with van der Waals surface area (Å²) in [6.45, 7) is 4.02. The van der Waals surface area contributed by atoms with Crippen LogP contribution in [0.15, 0.2) is 53.4 Å². The number of hydrogen-bond acceptors (Lipinski definition) is 2. The van der Waals surface area contributed by atoms with Crippen molar-refractivity contribution in [1.29, 1.82) is 0 Å². The summed E-state index contributed by atoms with van der Waals surface area (Å²) >= 11 is 7.43. The third-order valence-corrected chi connectivity index (χ3v) is 4.63. The maximum absolute atomic E-state index is 12.0. The summed E-state index contributed by atoms with van der Waals surface area (Å²) in [5.74, 6) is 0.452. The van der Waals surface area contributed by atoms with Crippen molar-refractivity contribution in [3.8, 4) is 0 Å². The average molecular weight is 320 g/mol. The van der Waals surface area contributed by atoms with Crippen molar-refractivity contribution in [2.45, 2.75) is 24.8 Å². The molecule has 0 saturated carbocycles. The van der Waals surface area contributed by atoms with Gasteiger partial charge in [-0.1, -0.05) is 41.9 Å². The number of aryl methyl sites for hydroxylation is 1. The quantitative estimate of drug-likeness (QED) is 0.815. The molecule has 1 atom stereocenters. The van der Waals surface area contributed by atoms with Crippen molar-refractivity contribution < 1.29 is 4.79 Å². The van der Waals surface area contributed by atoms with E-state index in [0.717, 1.165) is 10.5 Å². The second-order valence-electron chi connectivity index (χ2n) is 4.89. The minimum absolute atomic E-state index is 0.0211. The summed E-state index contributed by atoms with van der Waals surface area (Å²) in [6.07, 6.45) is 0. The summed E-state index contributed by atoms with van der Waals surface area (Å²) in [5, 5.41) is 3.70. The molecule has 0 saturated heterocycles. The lowest BCUT2D eigenvalue weighted by atomic mass is 10.1. The normalized spacial score (nSPS) is 12.0. The van der Waals surface area contributed by atoms with Crippen LogP contribution < -0.4 is 5.32 Å². The Morgan fingerprint density at radius 2 is 1.86 bits per heavy atom. The average Bonchev–Trinajstić information content (AvgIpc) is 2.47. The SMILES string of the molecule is Cc1ccccc1SCC(=O)N[C@@H](C)c1ccc(Cl)cc1. The second-order valence-corrected chi connectivity index (χ2v) is 6.35. The first kappa shape index (κ1) is 15.9. The minimum atomic E-state index is -0.0211. The number of benzene rings is 2. The van der Waals surface area contributed by atoms with E-state index in [-0.39, 0.29) is 11.9 Å². The number of carbonyl (C=O) groups excluding carboxylic acids is 1. The zero-order valence-corrected chi connectivity index (χ0v) is 13.7. The lowest BCUT2D eigenvalue weighted by molar-refractivity contribution is -0.119. The fraction of sp³-hybridized carbons (Fsp3) is 0.235. The standard InChI is InChI=1S/C17H18ClNOS/c1-12-5-3-4-6-16(12)21-11-17(20)19-13(2)14-7-9-15(18)10-8-14/h3-10,13H,11H2,1-2H3,(H,19,20)/t13-/m0/s1. The summed E-state index contributed by atoms with van der Waals surface area (Å²) in [6, 6.07) is 15.6. The van der Waals surface area contributed by atoms with E-state index < -0.39 is 0 Å². The number of nitrogens with one attached hydrogen (secondary N) is 1. The first-order valence-corrected chi connectivity index (χ1v) is 8.16. The van der Waals surface area contributed by atoms with Gasteiger partial charge in [-0.25, -0.2) is 0 Å². The Bertz CT molecular complexity index is 612. The van der Waals surface area contributed by atoms with Gasteiger partial charge in [-0.3, -0.25) is 4.79 Å². The van der Waals surface area contributed by atoms with Gasteiger partial charge in [0, 0.05) is 9.92 Å². The smallest absolute Gasteiger partial charge is 0.230 e. The Morgan fingerprint density at radius 3 is 2.52 bits per heavy atom.